The van der Waals surface area contributed by atoms with Crippen LogP contribution in [0.2, 0.25) is 0 Å². The third-order valence-electron chi connectivity index (χ3n) is 5.85. The van der Waals surface area contributed by atoms with E-state index < -0.39 is 0 Å². The molecule has 8 heteroatoms. The highest BCUT2D eigenvalue weighted by atomic mass is 19.1. The lowest BCUT2D eigenvalue weighted by Crippen LogP contribution is -2.36. The Kier molecular flexibility index (Phi) is 6.50. The number of rotatable bonds is 6. The van der Waals surface area contributed by atoms with Crippen LogP contribution >= 0.6 is 0 Å². The van der Waals surface area contributed by atoms with Crippen LogP contribution in [0.5, 0.6) is 0 Å². The van der Waals surface area contributed by atoms with Crippen LogP contribution in [0.3, 0.4) is 0 Å². The number of aromatic nitrogens is 3. The molecule has 0 saturated carbocycles. The molecule has 0 radical (unpaired) electrons. The van der Waals surface area contributed by atoms with Gasteiger partial charge in [0.15, 0.2) is 0 Å². The van der Waals surface area contributed by atoms with E-state index in [-0.39, 0.29) is 23.5 Å². The number of aryl methyl sites for hydroxylation is 1. The highest BCUT2D eigenvalue weighted by Crippen LogP contribution is 2.26. The zero-order chi connectivity index (χ0) is 22.7. The lowest BCUT2D eigenvalue weighted by atomic mass is 9.98. The maximum atomic E-state index is 14.3. The molecule has 3 aromatic rings. The fourth-order valence-electron chi connectivity index (χ4n) is 4.07. The Hall–Kier alpha value is -3.26. The molecule has 1 aliphatic rings. The van der Waals surface area contributed by atoms with Crippen molar-refractivity contribution in [3.63, 3.8) is 0 Å². The Morgan fingerprint density at radius 2 is 1.84 bits per heavy atom. The van der Waals surface area contributed by atoms with Crippen LogP contribution in [0.15, 0.2) is 53.3 Å². The van der Waals surface area contributed by atoms with Crippen LogP contribution < -0.4 is 11.0 Å². The minimum absolute atomic E-state index is 0.0903. The summed E-state index contributed by atoms with van der Waals surface area (Å²) in [6.45, 7) is 1.81. The molecule has 0 saturated heterocycles. The number of hydrogen-bond acceptors (Lipinski definition) is 4. The molecule has 0 fully saturated rings. The van der Waals surface area contributed by atoms with E-state index in [0.717, 1.165) is 12.4 Å². The molecule has 1 aromatic heterocycles. The van der Waals surface area contributed by atoms with E-state index in [1.807, 2.05) is 19.0 Å². The molecule has 1 N–H and O–H groups in total. The van der Waals surface area contributed by atoms with Crippen molar-refractivity contribution in [2.75, 3.05) is 20.6 Å². The van der Waals surface area contributed by atoms with Gasteiger partial charge >= 0.3 is 5.69 Å². The molecular weight excluding hydrogens is 409 g/mol. The molecule has 168 valence electrons. The minimum Gasteiger partial charge on any atom is -0.349 e. The van der Waals surface area contributed by atoms with Crippen molar-refractivity contribution in [2.45, 2.75) is 38.4 Å². The second-order valence-electron chi connectivity index (χ2n) is 8.40. The van der Waals surface area contributed by atoms with Gasteiger partial charge in [0.05, 0.1) is 6.54 Å². The summed E-state index contributed by atoms with van der Waals surface area (Å²) < 4.78 is 17.6. The molecule has 32 heavy (non-hydrogen) atoms. The van der Waals surface area contributed by atoms with E-state index in [4.69, 9.17) is 0 Å². The van der Waals surface area contributed by atoms with Gasteiger partial charge in [0.2, 0.25) is 0 Å². The van der Waals surface area contributed by atoms with Crippen LogP contribution in [0.25, 0.3) is 11.1 Å². The topological polar surface area (TPSA) is 72.2 Å². The fourth-order valence-corrected chi connectivity index (χ4v) is 4.07. The first-order valence-electron chi connectivity index (χ1n) is 10.9. The van der Waals surface area contributed by atoms with Gasteiger partial charge in [-0.2, -0.15) is 5.10 Å². The summed E-state index contributed by atoms with van der Waals surface area (Å²) in [7, 11) is 3.92. The fraction of sp³-hybridized carbons (Fsp3) is 0.375. The molecular formula is C24H28FN5O2. The van der Waals surface area contributed by atoms with E-state index in [1.54, 1.807) is 47.0 Å². The molecule has 2 aromatic carbocycles. The second kappa shape index (κ2) is 9.48. The number of nitrogens with one attached hydrogen (secondary N) is 1. The van der Waals surface area contributed by atoms with Gasteiger partial charge in [-0.05, 0) is 44.6 Å². The van der Waals surface area contributed by atoms with Gasteiger partial charge in [0.1, 0.15) is 11.6 Å². The summed E-state index contributed by atoms with van der Waals surface area (Å²) in [6, 6.07) is 13.4. The van der Waals surface area contributed by atoms with Gasteiger partial charge in [0.25, 0.3) is 5.91 Å². The van der Waals surface area contributed by atoms with Crippen molar-refractivity contribution in [3.8, 4) is 11.1 Å². The maximum Gasteiger partial charge on any atom is 0.345 e. The van der Waals surface area contributed by atoms with E-state index in [1.165, 1.54) is 10.7 Å². The second-order valence-corrected chi connectivity index (χ2v) is 8.40. The standard InChI is InChI=1S/C24H28FN5O2/c1-28(2)15-16-30-24(32)29-14-13-17(11-12-22(29)27-30)26-23(31)20-9-4-3-7-18(20)19-8-5-6-10-21(19)25/h3-10,17H,11-16H2,1-2H3,(H,26,31). The van der Waals surface area contributed by atoms with Crippen LogP contribution in [0.4, 0.5) is 4.39 Å². The highest BCUT2D eigenvalue weighted by molar-refractivity contribution is 6.01. The van der Waals surface area contributed by atoms with E-state index in [2.05, 4.69) is 10.4 Å². The van der Waals surface area contributed by atoms with Crippen molar-refractivity contribution in [1.29, 1.82) is 0 Å². The summed E-state index contributed by atoms with van der Waals surface area (Å²) in [5.74, 6) is 0.159. The first kappa shape index (κ1) is 22.0. The molecule has 1 amide bonds. The first-order chi connectivity index (χ1) is 15.4. The van der Waals surface area contributed by atoms with Gasteiger partial charge in [-0.15, -0.1) is 0 Å². The summed E-state index contributed by atoms with van der Waals surface area (Å²) in [6.07, 6.45) is 1.95. The largest absolute Gasteiger partial charge is 0.349 e. The van der Waals surface area contributed by atoms with Crippen molar-refractivity contribution < 1.29 is 9.18 Å². The van der Waals surface area contributed by atoms with Crippen molar-refractivity contribution in [3.05, 3.63) is 76.2 Å². The van der Waals surface area contributed by atoms with Crippen molar-refractivity contribution in [2.24, 2.45) is 0 Å². The smallest absolute Gasteiger partial charge is 0.345 e. The maximum absolute atomic E-state index is 14.3. The number of amides is 1. The van der Waals surface area contributed by atoms with E-state index in [0.29, 0.717) is 49.0 Å². The molecule has 2 heterocycles. The Labute approximate surface area is 186 Å². The highest BCUT2D eigenvalue weighted by Gasteiger charge is 2.23. The summed E-state index contributed by atoms with van der Waals surface area (Å²) >= 11 is 0. The Morgan fingerprint density at radius 1 is 1.12 bits per heavy atom. The van der Waals surface area contributed by atoms with Gasteiger partial charge in [-0.25, -0.2) is 13.9 Å². The molecule has 1 unspecified atom stereocenters. The molecule has 4 rings (SSSR count). The Balaban J connectivity index is 1.47. The average Bonchev–Trinajstić information content (AvgIpc) is 2.94. The predicted octanol–water partition coefficient (Wildman–Crippen LogP) is 2.55. The zero-order valence-corrected chi connectivity index (χ0v) is 18.4. The number of carbonyl (C=O) groups is 1. The third kappa shape index (κ3) is 4.65. The summed E-state index contributed by atoms with van der Waals surface area (Å²) in [5, 5.41) is 7.59. The number of likely N-dealkylation sites (N-methyl/N-ethyl adjacent to an activating group) is 1. The monoisotopic (exact) mass is 437 g/mol. The summed E-state index contributed by atoms with van der Waals surface area (Å²) in [5.41, 5.74) is 1.30. The molecule has 1 aliphatic heterocycles. The van der Waals surface area contributed by atoms with Gasteiger partial charge in [-0.1, -0.05) is 36.4 Å². The number of fused-ring (bicyclic) bond motifs is 1. The van der Waals surface area contributed by atoms with Gasteiger partial charge in [-0.3, -0.25) is 9.36 Å². The van der Waals surface area contributed by atoms with Gasteiger partial charge < -0.3 is 10.2 Å². The number of halogens is 1. The molecule has 1 atom stereocenters. The Morgan fingerprint density at radius 3 is 2.59 bits per heavy atom. The number of benzene rings is 2. The number of hydrogen-bond donors (Lipinski definition) is 1. The number of nitrogens with zero attached hydrogens (tertiary/aromatic N) is 4. The third-order valence-corrected chi connectivity index (χ3v) is 5.85. The Bertz CT molecular complexity index is 1170. The molecule has 0 bridgehead atoms. The van der Waals surface area contributed by atoms with Crippen LogP contribution in [-0.4, -0.2) is 51.8 Å². The van der Waals surface area contributed by atoms with Crippen LogP contribution in [0, 0.1) is 5.82 Å². The minimum atomic E-state index is -0.363. The van der Waals surface area contributed by atoms with Crippen molar-refractivity contribution in [1.82, 2.24) is 24.6 Å². The molecule has 0 spiro atoms. The molecule has 0 aliphatic carbocycles. The SMILES string of the molecule is CN(C)CCn1nc2n(c1=O)CCC(NC(=O)c1ccccc1-c1ccccc1F)CC2. The lowest BCUT2D eigenvalue weighted by Gasteiger charge is -2.18. The molecule has 7 nitrogen and oxygen atoms in total. The van der Waals surface area contributed by atoms with Crippen LogP contribution in [-0.2, 0) is 19.5 Å². The van der Waals surface area contributed by atoms with E-state index in [9.17, 15) is 14.0 Å². The van der Waals surface area contributed by atoms with Crippen molar-refractivity contribution >= 4 is 5.91 Å². The first-order valence-corrected chi connectivity index (χ1v) is 10.9. The quantitative estimate of drug-likeness (QED) is 0.643. The summed E-state index contributed by atoms with van der Waals surface area (Å²) in [4.78, 5) is 27.8. The average molecular weight is 438 g/mol. The normalized spacial score (nSPS) is 15.9. The lowest BCUT2D eigenvalue weighted by molar-refractivity contribution is 0.0933. The predicted molar refractivity (Wildman–Crippen MR) is 121 cm³/mol. The zero-order valence-electron chi connectivity index (χ0n) is 18.4. The number of carbonyl (C=O) groups excluding carboxylic acids is 1. The van der Waals surface area contributed by atoms with E-state index >= 15 is 0 Å². The van der Waals surface area contributed by atoms with Crippen LogP contribution in [0.1, 0.15) is 29.0 Å². The van der Waals surface area contributed by atoms with Gasteiger partial charge in [0, 0.05) is 36.7 Å².